The smallest absolute Gasteiger partial charge is 0.254 e. The van der Waals surface area contributed by atoms with E-state index in [1.54, 1.807) is 12.3 Å². The Bertz CT molecular complexity index is 699. The Hall–Kier alpha value is -1.74. The first-order valence-electron chi connectivity index (χ1n) is 10.2. The summed E-state index contributed by atoms with van der Waals surface area (Å²) in [5.74, 6) is 0.833. The van der Waals surface area contributed by atoms with Gasteiger partial charge < -0.3 is 29.6 Å². The second kappa shape index (κ2) is 7.94. The predicted molar refractivity (Wildman–Crippen MR) is 104 cm³/mol. The highest BCUT2D eigenvalue weighted by Crippen LogP contribution is 2.36. The first-order valence-corrected chi connectivity index (χ1v) is 10.2. The number of carbonyl (C=O) groups is 1. The molecule has 0 radical (unpaired) electrons. The van der Waals surface area contributed by atoms with E-state index in [2.05, 4.69) is 21.8 Å². The number of piperazine rings is 1. The molecule has 1 aromatic rings. The molecule has 3 aliphatic rings. The molecule has 4 rings (SSSR count). The van der Waals surface area contributed by atoms with Crippen molar-refractivity contribution in [2.45, 2.75) is 37.1 Å². The average molecular weight is 390 g/mol. The highest BCUT2D eigenvalue weighted by molar-refractivity contribution is 5.95. The number of rotatable bonds is 2. The summed E-state index contributed by atoms with van der Waals surface area (Å²) in [6, 6.07) is 3.64. The molecule has 3 aliphatic heterocycles. The van der Waals surface area contributed by atoms with Gasteiger partial charge in [-0.2, -0.15) is 0 Å². The molecule has 8 heteroatoms. The van der Waals surface area contributed by atoms with Crippen LogP contribution < -0.4 is 4.90 Å². The van der Waals surface area contributed by atoms with Crippen molar-refractivity contribution in [2.24, 2.45) is 0 Å². The largest absolute Gasteiger partial charge is 0.390 e. The van der Waals surface area contributed by atoms with Gasteiger partial charge >= 0.3 is 0 Å². The predicted octanol–water partition coefficient (Wildman–Crippen LogP) is -0.0497. The van der Waals surface area contributed by atoms with Crippen molar-refractivity contribution in [3.8, 4) is 0 Å². The molecule has 0 bridgehead atoms. The van der Waals surface area contributed by atoms with Crippen LogP contribution in [-0.4, -0.2) is 102 Å². The van der Waals surface area contributed by atoms with Crippen LogP contribution in [-0.2, 0) is 4.74 Å². The van der Waals surface area contributed by atoms with Gasteiger partial charge in [0.2, 0.25) is 0 Å². The number of aliphatic hydroxyl groups excluding tert-OH is 2. The number of piperidine rings is 1. The maximum Gasteiger partial charge on any atom is 0.254 e. The summed E-state index contributed by atoms with van der Waals surface area (Å²) in [5, 5.41) is 20.4. The Morgan fingerprint density at radius 3 is 2.61 bits per heavy atom. The minimum absolute atomic E-state index is 0.0550. The van der Waals surface area contributed by atoms with E-state index in [1.165, 1.54) is 0 Å². The second-order valence-electron chi connectivity index (χ2n) is 8.20. The van der Waals surface area contributed by atoms with Crippen LogP contribution in [0, 0.1) is 0 Å². The lowest BCUT2D eigenvalue weighted by Gasteiger charge is -2.48. The van der Waals surface area contributed by atoms with Crippen molar-refractivity contribution >= 4 is 11.7 Å². The summed E-state index contributed by atoms with van der Waals surface area (Å²) in [4.78, 5) is 23.6. The Balaban J connectivity index is 1.42. The zero-order chi connectivity index (χ0) is 19.7. The summed E-state index contributed by atoms with van der Waals surface area (Å²) >= 11 is 0. The van der Waals surface area contributed by atoms with Crippen LogP contribution in [0.25, 0.3) is 0 Å². The molecule has 2 N–H and O–H groups in total. The monoisotopic (exact) mass is 390 g/mol. The standard InChI is InChI=1S/C20H30N4O4/c1-22-9-11-24(12-10-22)19(27)15-2-6-21-17(14-15)23-7-4-20(5-8-23)18(26)16(25)3-13-28-20/h2,6,14,16,18,25-26H,3-5,7-13H2,1H3/t16-,18-/m0/s1. The molecule has 3 saturated heterocycles. The quantitative estimate of drug-likeness (QED) is 0.732. The number of pyridine rings is 1. The second-order valence-corrected chi connectivity index (χ2v) is 8.20. The van der Waals surface area contributed by atoms with Crippen LogP contribution in [0.2, 0.25) is 0 Å². The Morgan fingerprint density at radius 2 is 1.89 bits per heavy atom. The molecule has 0 unspecified atom stereocenters. The molecule has 1 spiro atoms. The molecule has 0 aliphatic carbocycles. The SMILES string of the molecule is CN1CCN(C(=O)c2ccnc(N3CCC4(CC3)OCC[C@H](O)[C@@H]4O)c2)CC1. The zero-order valence-electron chi connectivity index (χ0n) is 16.5. The Labute approximate surface area is 165 Å². The number of carbonyl (C=O) groups excluding carboxylic acids is 1. The number of aromatic nitrogens is 1. The first-order chi connectivity index (χ1) is 13.5. The summed E-state index contributed by atoms with van der Waals surface area (Å²) < 4.78 is 5.90. The van der Waals surface area contributed by atoms with E-state index < -0.39 is 17.8 Å². The maximum atomic E-state index is 12.8. The number of hydrogen-bond acceptors (Lipinski definition) is 7. The van der Waals surface area contributed by atoms with E-state index in [0.717, 1.165) is 32.0 Å². The fraction of sp³-hybridized carbons (Fsp3) is 0.700. The zero-order valence-corrected chi connectivity index (χ0v) is 16.5. The molecule has 2 atom stereocenters. The summed E-state index contributed by atoms with van der Waals surface area (Å²) in [6.07, 6.45) is 1.86. The van der Waals surface area contributed by atoms with Gasteiger partial charge in [-0.15, -0.1) is 0 Å². The van der Waals surface area contributed by atoms with Crippen LogP contribution >= 0.6 is 0 Å². The van der Waals surface area contributed by atoms with Gasteiger partial charge in [-0.05, 0) is 38.4 Å². The number of ether oxygens (including phenoxy) is 1. The number of amides is 1. The average Bonchev–Trinajstić information content (AvgIpc) is 2.73. The van der Waals surface area contributed by atoms with Crippen LogP contribution in [0.3, 0.4) is 0 Å². The van der Waals surface area contributed by atoms with Gasteiger partial charge in [0.25, 0.3) is 5.91 Å². The molecule has 1 amide bonds. The third kappa shape index (κ3) is 3.74. The molecule has 28 heavy (non-hydrogen) atoms. The number of likely N-dealkylation sites (N-methyl/N-ethyl adjacent to an activating group) is 1. The van der Waals surface area contributed by atoms with Gasteiger partial charge in [-0.1, -0.05) is 0 Å². The lowest BCUT2D eigenvalue weighted by Crippen LogP contribution is -2.60. The van der Waals surface area contributed by atoms with Gasteiger partial charge in [-0.25, -0.2) is 4.98 Å². The van der Waals surface area contributed by atoms with Crippen LogP contribution in [0.15, 0.2) is 18.3 Å². The summed E-state index contributed by atoms with van der Waals surface area (Å²) in [7, 11) is 2.07. The van der Waals surface area contributed by atoms with Gasteiger partial charge in [-0.3, -0.25) is 4.79 Å². The maximum absolute atomic E-state index is 12.8. The van der Waals surface area contributed by atoms with E-state index in [-0.39, 0.29) is 5.91 Å². The fourth-order valence-electron chi connectivity index (χ4n) is 4.45. The molecule has 0 aromatic carbocycles. The van der Waals surface area contributed by atoms with E-state index in [0.29, 0.717) is 44.5 Å². The van der Waals surface area contributed by atoms with Crippen LogP contribution in [0.5, 0.6) is 0 Å². The lowest BCUT2D eigenvalue weighted by atomic mass is 9.80. The molecule has 1 aromatic heterocycles. The van der Waals surface area contributed by atoms with Gasteiger partial charge in [0, 0.05) is 51.0 Å². The number of anilines is 1. The van der Waals surface area contributed by atoms with E-state index in [1.807, 2.05) is 11.0 Å². The van der Waals surface area contributed by atoms with Crippen LogP contribution in [0.4, 0.5) is 5.82 Å². The third-order valence-corrected chi connectivity index (χ3v) is 6.42. The molecular formula is C20H30N4O4. The minimum Gasteiger partial charge on any atom is -0.390 e. The summed E-state index contributed by atoms with van der Waals surface area (Å²) in [5.41, 5.74) is 0.000684. The number of nitrogens with zero attached hydrogens (tertiary/aromatic N) is 4. The molecule has 154 valence electrons. The molecule has 3 fully saturated rings. The normalized spacial score (nSPS) is 28.5. The van der Waals surface area contributed by atoms with Crippen molar-refractivity contribution in [1.82, 2.24) is 14.8 Å². The number of aliphatic hydroxyl groups is 2. The third-order valence-electron chi connectivity index (χ3n) is 6.42. The van der Waals surface area contributed by atoms with Crippen molar-refractivity contribution in [2.75, 3.05) is 57.8 Å². The van der Waals surface area contributed by atoms with Gasteiger partial charge in [0.15, 0.2) is 0 Å². The highest BCUT2D eigenvalue weighted by Gasteiger charge is 2.47. The Morgan fingerprint density at radius 1 is 1.18 bits per heavy atom. The van der Waals surface area contributed by atoms with Crippen molar-refractivity contribution in [1.29, 1.82) is 0 Å². The lowest BCUT2D eigenvalue weighted by molar-refractivity contribution is -0.205. The van der Waals surface area contributed by atoms with Crippen molar-refractivity contribution in [3.63, 3.8) is 0 Å². The van der Waals surface area contributed by atoms with Crippen molar-refractivity contribution < 1.29 is 19.7 Å². The first kappa shape index (κ1) is 19.6. The molecule has 4 heterocycles. The van der Waals surface area contributed by atoms with Gasteiger partial charge in [0.05, 0.1) is 18.3 Å². The van der Waals surface area contributed by atoms with E-state index in [9.17, 15) is 15.0 Å². The Kier molecular flexibility index (Phi) is 5.55. The molecular weight excluding hydrogens is 360 g/mol. The highest BCUT2D eigenvalue weighted by atomic mass is 16.5. The fourth-order valence-corrected chi connectivity index (χ4v) is 4.45. The van der Waals surface area contributed by atoms with Crippen molar-refractivity contribution in [3.05, 3.63) is 23.9 Å². The minimum atomic E-state index is -0.846. The van der Waals surface area contributed by atoms with E-state index >= 15 is 0 Å². The topological polar surface area (TPSA) is 89.4 Å². The summed E-state index contributed by atoms with van der Waals surface area (Å²) in [6.45, 7) is 5.10. The van der Waals surface area contributed by atoms with E-state index in [4.69, 9.17) is 4.74 Å². The van der Waals surface area contributed by atoms with Crippen LogP contribution in [0.1, 0.15) is 29.6 Å². The molecule has 0 saturated carbocycles. The number of hydrogen-bond donors (Lipinski definition) is 2. The van der Waals surface area contributed by atoms with Gasteiger partial charge in [0.1, 0.15) is 11.9 Å². The molecule has 8 nitrogen and oxygen atoms in total.